The molecule has 0 spiro atoms. The van der Waals surface area contributed by atoms with Crippen molar-refractivity contribution >= 4 is 6.09 Å². The molecule has 1 amide bonds. The van der Waals surface area contributed by atoms with Crippen molar-refractivity contribution in [3.63, 3.8) is 0 Å². The lowest BCUT2D eigenvalue weighted by Crippen LogP contribution is -2.57. The Balaban J connectivity index is 1.28. The van der Waals surface area contributed by atoms with Crippen LogP contribution in [0.3, 0.4) is 0 Å². The number of piperidine rings is 1. The van der Waals surface area contributed by atoms with Gasteiger partial charge >= 0.3 is 6.09 Å². The Kier molecular flexibility index (Phi) is 6.09. The second-order valence-electron chi connectivity index (χ2n) is 8.94. The normalized spacial score (nSPS) is 30.7. The number of likely N-dealkylation sites (tertiary alicyclic amines) is 1. The second kappa shape index (κ2) is 8.76. The Morgan fingerprint density at radius 2 is 1.67 bits per heavy atom. The molecule has 160 valence electrons. The molecular formula is C25H31FN2O2. The number of nitrogens with one attached hydrogen (secondary N) is 1. The summed E-state index contributed by atoms with van der Waals surface area (Å²) < 4.78 is 21.1. The first kappa shape index (κ1) is 20.9. The maximum atomic E-state index is 15.6. The van der Waals surface area contributed by atoms with Crippen LogP contribution in [0.25, 0.3) is 0 Å². The molecular weight excluding hydrogens is 379 g/mol. The predicted octanol–water partition coefficient (Wildman–Crippen LogP) is 5.05. The van der Waals surface area contributed by atoms with Crippen LogP contribution in [-0.4, -0.2) is 41.3 Å². The van der Waals surface area contributed by atoms with Gasteiger partial charge in [-0.2, -0.15) is 0 Å². The topological polar surface area (TPSA) is 41.6 Å². The molecule has 0 radical (unpaired) electrons. The van der Waals surface area contributed by atoms with E-state index in [1.807, 2.05) is 50.2 Å². The van der Waals surface area contributed by atoms with Gasteiger partial charge < -0.3 is 15.0 Å². The van der Waals surface area contributed by atoms with E-state index in [1.54, 1.807) is 4.90 Å². The van der Waals surface area contributed by atoms with Gasteiger partial charge in [0, 0.05) is 43.4 Å². The molecule has 2 fully saturated rings. The number of nitrogens with zero attached hydrogens (tertiary/aromatic N) is 1. The highest BCUT2D eigenvalue weighted by molar-refractivity contribution is 5.68. The summed E-state index contributed by atoms with van der Waals surface area (Å²) in [5.41, 5.74) is 0.962. The van der Waals surface area contributed by atoms with Crippen molar-refractivity contribution < 1.29 is 13.9 Å². The standard InChI is InChI=1S/C25H31FN2O2/c1-18-14-25(26,17-27-23-13-22(23)21-11-7-4-8-12-21)15-19(2)28(18)24(29)30-16-20-9-5-3-6-10-20/h3-12,18-19,22-23,27H,13-17H2,1-2H3/t18?,19?,22-,23+,25?/m0/s1. The minimum Gasteiger partial charge on any atom is -0.445 e. The molecule has 2 unspecified atom stereocenters. The Hall–Kier alpha value is -2.40. The fraction of sp³-hybridized carbons (Fsp3) is 0.480. The van der Waals surface area contributed by atoms with Crippen LogP contribution in [0, 0.1) is 0 Å². The van der Waals surface area contributed by atoms with Gasteiger partial charge in [0.1, 0.15) is 12.3 Å². The van der Waals surface area contributed by atoms with Crippen LogP contribution in [0.1, 0.15) is 50.2 Å². The summed E-state index contributed by atoms with van der Waals surface area (Å²) in [4.78, 5) is 14.3. The molecule has 1 aliphatic carbocycles. The molecule has 1 saturated carbocycles. The molecule has 4 atom stereocenters. The number of carbonyl (C=O) groups is 1. The van der Waals surface area contributed by atoms with Gasteiger partial charge in [0.05, 0.1) is 0 Å². The van der Waals surface area contributed by atoms with Crippen molar-refractivity contribution in [2.75, 3.05) is 6.54 Å². The van der Waals surface area contributed by atoms with Gasteiger partial charge in [-0.15, -0.1) is 0 Å². The first-order valence-corrected chi connectivity index (χ1v) is 10.9. The molecule has 0 aromatic heterocycles. The first-order valence-electron chi connectivity index (χ1n) is 10.9. The van der Waals surface area contributed by atoms with Crippen LogP contribution in [0.5, 0.6) is 0 Å². The summed E-state index contributed by atoms with van der Waals surface area (Å²) in [5.74, 6) is 0.484. The highest BCUT2D eigenvalue weighted by Crippen LogP contribution is 2.42. The first-order chi connectivity index (χ1) is 14.5. The maximum absolute atomic E-state index is 15.6. The Labute approximate surface area is 178 Å². The van der Waals surface area contributed by atoms with Gasteiger partial charge in [-0.25, -0.2) is 9.18 Å². The zero-order valence-electron chi connectivity index (χ0n) is 17.8. The molecule has 1 aliphatic heterocycles. The number of amides is 1. The lowest BCUT2D eigenvalue weighted by atomic mass is 9.84. The van der Waals surface area contributed by atoms with Gasteiger partial charge in [-0.3, -0.25) is 0 Å². The van der Waals surface area contributed by atoms with Crippen molar-refractivity contribution in [3.8, 4) is 0 Å². The molecule has 0 bridgehead atoms. The van der Waals surface area contributed by atoms with Crippen molar-refractivity contribution in [1.82, 2.24) is 10.2 Å². The molecule has 2 aromatic carbocycles. The largest absolute Gasteiger partial charge is 0.445 e. The quantitative estimate of drug-likeness (QED) is 0.725. The average Bonchev–Trinajstić information content (AvgIpc) is 3.51. The monoisotopic (exact) mass is 410 g/mol. The van der Waals surface area contributed by atoms with Gasteiger partial charge in [0.25, 0.3) is 0 Å². The van der Waals surface area contributed by atoms with Gasteiger partial charge in [-0.05, 0) is 31.4 Å². The van der Waals surface area contributed by atoms with Crippen molar-refractivity contribution in [2.45, 2.75) is 69.4 Å². The molecule has 1 N–H and O–H groups in total. The predicted molar refractivity (Wildman–Crippen MR) is 116 cm³/mol. The summed E-state index contributed by atoms with van der Waals surface area (Å²) in [6.45, 7) is 4.40. The average molecular weight is 411 g/mol. The van der Waals surface area contributed by atoms with Gasteiger partial charge in [0.2, 0.25) is 0 Å². The smallest absolute Gasteiger partial charge is 0.410 e. The molecule has 2 aromatic rings. The van der Waals surface area contributed by atoms with E-state index in [4.69, 9.17) is 4.74 Å². The molecule has 5 heteroatoms. The molecule has 2 aliphatic rings. The minimum absolute atomic E-state index is 0.201. The van der Waals surface area contributed by atoms with Crippen LogP contribution < -0.4 is 5.32 Å². The Bertz CT molecular complexity index is 833. The summed E-state index contributed by atoms with van der Waals surface area (Å²) in [6, 6.07) is 20.0. The van der Waals surface area contributed by atoms with E-state index >= 15 is 4.39 Å². The minimum atomic E-state index is -1.31. The van der Waals surface area contributed by atoms with Crippen LogP contribution in [0.2, 0.25) is 0 Å². The summed E-state index contributed by atoms with van der Waals surface area (Å²) in [6.07, 6.45) is 1.35. The van der Waals surface area contributed by atoms with E-state index in [0.717, 1.165) is 12.0 Å². The van der Waals surface area contributed by atoms with E-state index in [2.05, 4.69) is 29.6 Å². The number of halogens is 1. The maximum Gasteiger partial charge on any atom is 0.410 e. The highest BCUT2D eigenvalue weighted by Gasteiger charge is 2.46. The third kappa shape index (κ3) is 4.84. The number of hydrogen-bond acceptors (Lipinski definition) is 3. The van der Waals surface area contributed by atoms with Crippen LogP contribution in [0.15, 0.2) is 60.7 Å². The number of carbonyl (C=O) groups excluding carboxylic acids is 1. The Morgan fingerprint density at radius 1 is 1.07 bits per heavy atom. The highest BCUT2D eigenvalue weighted by atomic mass is 19.1. The molecule has 1 heterocycles. The molecule has 4 rings (SSSR count). The summed E-state index contributed by atoms with van der Waals surface area (Å²) in [7, 11) is 0. The summed E-state index contributed by atoms with van der Waals surface area (Å²) >= 11 is 0. The molecule has 4 nitrogen and oxygen atoms in total. The lowest BCUT2D eigenvalue weighted by molar-refractivity contribution is -0.0121. The number of ether oxygens (including phenoxy) is 1. The number of benzene rings is 2. The second-order valence-corrected chi connectivity index (χ2v) is 8.94. The fourth-order valence-corrected chi connectivity index (χ4v) is 4.87. The summed E-state index contributed by atoms with van der Waals surface area (Å²) in [5, 5.41) is 3.44. The van der Waals surface area contributed by atoms with E-state index in [0.29, 0.717) is 31.3 Å². The van der Waals surface area contributed by atoms with Crippen molar-refractivity contribution in [3.05, 3.63) is 71.8 Å². The van der Waals surface area contributed by atoms with E-state index < -0.39 is 5.67 Å². The zero-order chi connectivity index (χ0) is 21.1. The zero-order valence-corrected chi connectivity index (χ0v) is 17.8. The number of rotatable bonds is 6. The number of hydrogen-bond donors (Lipinski definition) is 1. The third-order valence-electron chi connectivity index (χ3n) is 6.39. The third-order valence-corrected chi connectivity index (χ3v) is 6.39. The number of alkyl halides is 1. The van der Waals surface area contributed by atoms with E-state index in [1.165, 1.54) is 5.56 Å². The fourth-order valence-electron chi connectivity index (χ4n) is 4.87. The van der Waals surface area contributed by atoms with Crippen molar-refractivity contribution in [2.24, 2.45) is 0 Å². The lowest BCUT2D eigenvalue weighted by Gasteiger charge is -2.45. The SMILES string of the molecule is CC1CC(F)(CN[C@@H]2C[C@H]2c2ccccc2)CC(C)N1C(=O)OCc1ccccc1. The van der Waals surface area contributed by atoms with Gasteiger partial charge in [-0.1, -0.05) is 60.7 Å². The van der Waals surface area contributed by atoms with Gasteiger partial charge in [0.15, 0.2) is 0 Å². The molecule has 30 heavy (non-hydrogen) atoms. The van der Waals surface area contributed by atoms with E-state index in [9.17, 15) is 4.79 Å². The van der Waals surface area contributed by atoms with E-state index in [-0.39, 0.29) is 24.8 Å². The van der Waals surface area contributed by atoms with Crippen molar-refractivity contribution in [1.29, 1.82) is 0 Å². The molecule has 1 saturated heterocycles. The van der Waals surface area contributed by atoms with Crippen LogP contribution in [-0.2, 0) is 11.3 Å². The van der Waals surface area contributed by atoms with Crippen LogP contribution >= 0.6 is 0 Å². The van der Waals surface area contributed by atoms with Crippen LogP contribution in [0.4, 0.5) is 9.18 Å². The Morgan fingerprint density at radius 3 is 2.30 bits per heavy atom.